The highest BCUT2D eigenvalue weighted by atomic mass is 16.2. The van der Waals surface area contributed by atoms with E-state index >= 15 is 0 Å². The molecule has 0 aliphatic carbocycles. The number of hydrogen-bond acceptors (Lipinski definition) is 5. The van der Waals surface area contributed by atoms with E-state index in [0.717, 1.165) is 24.0 Å². The summed E-state index contributed by atoms with van der Waals surface area (Å²) in [6.45, 7) is 5.51. The first-order chi connectivity index (χ1) is 22.2. The Hall–Kier alpha value is -5.14. The maximum atomic E-state index is 12.5. The molecule has 2 heterocycles. The lowest BCUT2D eigenvalue weighted by atomic mass is 9.97. The third kappa shape index (κ3) is 9.94. The molecular weight excluding hydrogens is 574 g/mol. The predicted octanol–water partition coefficient (Wildman–Crippen LogP) is 6.07. The number of likely N-dealkylation sites (tertiary alicyclic amines) is 1. The van der Waals surface area contributed by atoms with Crippen molar-refractivity contribution in [2.45, 2.75) is 52.7 Å². The maximum absolute atomic E-state index is 12.5. The zero-order valence-electron chi connectivity index (χ0n) is 26.5. The van der Waals surface area contributed by atoms with Gasteiger partial charge in [-0.25, -0.2) is 0 Å². The molecule has 1 fully saturated rings. The zero-order chi connectivity index (χ0) is 32.9. The minimum atomic E-state index is -0.237. The molecule has 4 amide bonds. The van der Waals surface area contributed by atoms with Gasteiger partial charge in [-0.2, -0.15) is 0 Å². The van der Waals surface area contributed by atoms with Crippen molar-refractivity contribution in [3.05, 3.63) is 155 Å². The van der Waals surface area contributed by atoms with E-state index in [1.165, 1.54) is 44.2 Å². The van der Waals surface area contributed by atoms with E-state index in [1.807, 2.05) is 60.7 Å². The highest BCUT2D eigenvalue weighted by Crippen LogP contribution is 2.26. The summed E-state index contributed by atoms with van der Waals surface area (Å²) in [7, 11) is 0. The monoisotopic (exact) mass is 615 g/mol. The Labute approximate surface area is 271 Å². The Bertz CT molecular complexity index is 1610. The predicted molar refractivity (Wildman–Crippen MR) is 180 cm³/mol. The van der Waals surface area contributed by atoms with Gasteiger partial charge < -0.3 is 5.73 Å². The molecule has 0 bridgehead atoms. The molecule has 4 aromatic carbocycles. The molecule has 0 radical (unpaired) electrons. The van der Waals surface area contributed by atoms with E-state index in [0.29, 0.717) is 26.1 Å². The fourth-order valence-electron chi connectivity index (χ4n) is 5.08. The van der Waals surface area contributed by atoms with E-state index in [4.69, 9.17) is 5.73 Å². The maximum Gasteiger partial charge on any atom is 0.253 e. The van der Waals surface area contributed by atoms with Crippen LogP contribution in [0.5, 0.6) is 0 Å². The number of rotatable bonds is 8. The topological polar surface area (TPSA) is 101 Å². The van der Waals surface area contributed by atoms with Crippen molar-refractivity contribution < 1.29 is 19.2 Å². The summed E-state index contributed by atoms with van der Waals surface area (Å²) in [5.41, 5.74) is 12.3. The lowest BCUT2D eigenvalue weighted by molar-refractivity contribution is -0.140. The summed E-state index contributed by atoms with van der Waals surface area (Å²) >= 11 is 0. The average Bonchev–Trinajstić information content (AvgIpc) is 3.54. The van der Waals surface area contributed by atoms with Gasteiger partial charge in [-0.1, -0.05) is 120 Å². The van der Waals surface area contributed by atoms with Crippen LogP contribution in [0.1, 0.15) is 46.2 Å². The summed E-state index contributed by atoms with van der Waals surface area (Å²) in [4.78, 5) is 49.7. The van der Waals surface area contributed by atoms with Gasteiger partial charge in [0.2, 0.25) is 11.8 Å². The molecule has 236 valence electrons. The van der Waals surface area contributed by atoms with Gasteiger partial charge >= 0.3 is 0 Å². The van der Waals surface area contributed by atoms with Crippen LogP contribution < -0.4 is 5.73 Å². The van der Waals surface area contributed by atoms with E-state index < -0.39 is 0 Å². The summed E-state index contributed by atoms with van der Waals surface area (Å²) < 4.78 is 0. The molecule has 0 aromatic heterocycles. The highest BCUT2D eigenvalue weighted by molar-refractivity contribution is 6.12. The van der Waals surface area contributed by atoms with Gasteiger partial charge in [0.15, 0.2) is 0 Å². The molecule has 1 saturated heterocycles. The molecule has 0 saturated carbocycles. The van der Waals surface area contributed by atoms with Crippen molar-refractivity contribution in [3.8, 4) is 0 Å². The van der Waals surface area contributed by atoms with Gasteiger partial charge in [0.25, 0.3) is 11.8 Å². The van der Waals surface area contributed by atoms with Crippen LogP contribution in [0.25, 0.3) is 0 Å². The van der Waals surface area contributed by atoms with Crippen LogP contribution in [-0.2, 0) is 45.2 Å². The molecule has 0 spiro atoms. The fraction of sp³-hybridized carbons (Fsp3) is 0.231. The molecule has 4 aromatic rings. The third-order valence-electron chi connectivity index (χ3n) is 7.86. The SMILES string of the molecule is Cc1ccc(CC[C@@H]2CC(=O)N(Cc3ccccc3)C2=O)cc1.Cc1ccc(CN)cc1.O=C1C=CC(=O)N1Cc1ccccc1. The second kappa shape index (κ2) is 16.8. The van der Waals surface area contributed by atoms with E-state index in [9.17, 15) is 19.2 Å². The van der Waals surface area contributed by atoms with Crippen LogP contribution in [0.3, 0.4) is 0 Å². The molecule has 6 rings (SSSR count). The Morgan fingerprint density at radius 3 is 1.52 bits per heavy atom. The molecule has 1 atom stereocenters. The summed E-state index contributed by atoms with van der Waals surface area (Å²) in [6.07, 6.45) is 4.51. The first-order valence-corrected chi connectivity index (χ1v) is 15.5. The number of nitrogens with zero attached hydrogens (tertiary/aromatic N) is 2. The number of imide groups is 2. The molecule has 7 heteroatoms. The van der Waals surface area contributed by atoms with E-state index in [2.05, 4.69) is 62.4 Å². The van der Waals surface area contributed by atoms with Crippen molar-refractivity contribution in [2.24, 2.45) is 11.7 Å². The van der Waals surface area contributed by atoms with Gasteiger partial charge in [-0.15, -0.1) is 0 Å². The Kier molecular flexibility index (Phi) is 12.3. The summed E-state index contributed by atoms with van der Waals surface area (Å²) in [6, 6.07) is 35.7. The van der Waals surface area contributed by atoms with Gasteiger partial charge in [-0.05, 0) is 48.9 Å². The van der Waals surface area contributed by atoms with Gasteiger partial charge in [0.05, 0.1) is 13.1 Å². The number of amides is 4. The van der Waals surface area contributed by atoms with Crippen LogP contribution in [-0.4, -0.2) is 33.4 Å². The number of carbonyl (C=O) groups is 4. The lowest BCUT2D eigenvalue weighted by Gasteiger charge is -2.15. The molecule has 2 aliphatic rings. The van der Waals surface area contributed by atoms with Crippen molar-refractivity contribution in [3.63, 3.8) is 0 Å². The highest BCUT2D eigenvalue weighted by Gasteiger charge is 2.37. The van der Waals surface area contributed by atoms with Gasteiger partial charge in [0, 0.05) is 31.0 Å². The van der Waals surface area contributed by atoms with Crippen LogP contribution in [0.15, 0.2) is 121 Å². The van der Waals surface area contributed by atoms with E-state index in [1.54, 1.807) is 0 Å². The summed E-state index contributed by atoms with van der Waals surface area (Å²) in [5.74, 6) is -0.719. The normalized spacial score (nSPS) is 15.4. The van der Waals surface area contributed by atoms with Crippen LogP contribution in [0.2, 0.25) is 0 Å². The second-order valence-electron chi connectivity index (χ2n) is 11.5. The number of hydrogen-bond donors (Lipinski definition) is 1. The van der Waals surface area contributed by atoms with Crippen LogP contribution >= 0.6 is 0 Å². The average molecular weight is 616 g/mol. The largest absolute Gasteiger partial charge is 0.326 e. The number of carbonyl (C=O) groups excluding carboxylic acids is 4. The fourth-order valence-corrected chi connectivity index (χ4v) is 5.08. The first kappa shape index (κ1) is 33.7. The Balaban J connectivity index is 0.000000176. The third-order valence-corrected chi connectivity index (χ3v) is 7.86. The van der Waals surface area contributed by atoms with Crippen molar-refractivity contribution >= 4 is 23.6 Å². The van der Waals surface area contributed by atoms with Gasteiger partial charge in [-0.3, -0.25) is 29.0 Å². The van der Waals surface area contributed by atoms with Crippen LogP contribution in [0, 0.1) is 19.8 Å². The molecule has 46 heavy (non-hydrogen) atoms. The second-order valence-corrected chi connectivity index (χ2v) is 11.5. The molecule has 2 N–H and O–H groups in total. The van der Waals surface area contributed by atoms with E-state index in [-0.39, 0.29) is 29.5 Å². The smallest absolute Gasteiger partial charge is 0.253 e. The summed E-state index contributed by atoms with van der Waals surface area (Å²) in [5, 5.41) is 0. The van der Waals surface area contributed by atoms with Gasteiger partial charge in [0.1, 0.15) is 0 Å². The Morgan fingerprint density at radius 1 is 0.587 bits per heavy atom. The molecule has 2 aliphatic heterocycles. The molecule has 0 unspecified atom stereocenters. The lowest BCUT2D eigenvalue weighted by Crippen LogP contribution is -2.30. The number of nitrogens with two attached hydrogens (primary N) is 1. The molecule has 7 nitrogen and oxygen atoms in total. The van der Waals surface area contributed by atoms with Crippen LogP contribution in [0.4, 0.5) is 0 Å². The van der Waals surface area contributed by atoms with Crippen molar-refractivity contribution in [2.75, 3.05) is 0 Å². The standard InChI is InChI=1S/C20H21NO2.C11H9NO2.C8H11N/c1-15-7-9-16(10-8-15)11-12-18-13-19(22)21(20(18)23)14-17-5-3-2-4-6-17;13-10-6-7-11(14)12(10)8-9-4-2-1-3-5-9;1-7-2-4-8(6-9)5-3-7/h2-10,18H,11-14H2,1H3;1-7H,8H2;2-5H,6,9H2,1H3/t18-;;/m1../s1. The number of benzene rings is 4. The minimum absolute atomic E-state index is 0.0223. The quantitative estimate of drug-likeness (QED) is 0.243. The van der Waals surface area contributed by atoms with Crippen molar-refractivity contribution in [1.82, 2.24) is 9.80 Å². The first-order valence-electron chi connectivity index (χ1n) is 15.5. The minimum Gasteiger partial charge on any atom is -0.326 e. The molecular formula is C39H41N3O4. The Morgan fingerprint density at radius 2 is 1.04 bits per heavy atom. The zero-order valence-corrected chi connectivity index (χ0v) is 26.5. The van der Waals surface area contributed by atoms with Crippen molar-refractivity contribution in [1.29, 1.82) is 0 Å². The number of aryl methyl sites for hydroxylation is 3.